The van der Waals surface area contributed by atoms with E-state index in [9.17, 15) is 9.90 Å². The lowest BCUT2D eigenvalue weighted by Gasteiger charge is -2.40. The molecule has 0 aliphatic heterocycles. The normalized spacial score (nSPS) is 26.8. The SMILES string of the molecule is CCCn1nncc1C1CC(C(C)(C)C)CCC1C(=O)O. The summed E-state index contributed by atoms with van der Waals surface area (Å²) in [6, 6.07) is 0. The van der Waals surface area contributed by atoms with E-state index < -0.39 is 5.97 Å². The van der Waals surface area contributed by atoms with E-state index in [2.05, 4.69) is 38.0 Å². The summed E-state index contributed by atoms with van der Waals surface area (Å²) in [5.41, 5.74) is 1.21. The molecule has 5 heteroatoms. The minimum absolute atomic E-state index is 0.0297. The van der Waals surface area contributed by atoms with E-state index in [4.69, 9.17) is 0 Å². The molecule has 3 unspecified atom stereocenters. The molecule has 1 aromatic heterocycles. The highest BCUT2D eigenvalue weighted by Crippen LogP contribution is 2.46. The molecule has 118 valence electrons. The Morgan fingerprint density at radius 1 is 1.43 bits per heavy atom. The van der Waals surface area contributed by atoms with E-state index in [1.807, 2.05) is 4.68 Å². The molecule has 1 aliphatic carbocycles. The maximum atomic E-state index is 11.6. The van der Waals surface area contributed by atoms with Gasteiger partial charge in [-0.15, -0.1) is 5.10 Å². The van der Waals surface area contributed by atoms with Gasteiger partial charge in [-0.2, -0.15) is 0 Å². The van der Waals surface area contributed by atoms with Crippen molar-refractivity contribution in [2.45, 2.75) is 65.8 Å². The van der Waals surface area contributed by atoms with Crippen molar-refractivity contribution < 1.29 is 9.90 Å². The summed E-state index contributed by atoms with van der Waals surface area (Å²) < 4.78 is 1.89. The summed E-state index contributed by atoms with van der Waals surface area (Å²) >= 11 is 0. The Hall–Kier alpha value is -1.39. The molecule has 0 spiro atoms. The van der Waals surface area contributed by atoms with Crippen LogP contribution in [0.1, 0.15) is 65.0 Å². The van der Waals surface area contributed by atoms with Crippen LogP contribution in [0, 0.1) is 17.3 Å². The summed E-state index contributed by atoms with van der Waals surface area (Å²) in [5, 5.41) is 17.7. The van der Waals surface area contributed by atoms with Crippen molar-refractivity contribution in [1.82, 2.24) is 15.0 Å². The van der Waals surface area contributed by atoms with Crippen molar-refractivity contribution in [2.24, 2.45) is 17.3 Å². The van der Waals surface area contributed by atoms with E-state index in [0.717, 1.165) is 37.9 Å². The highest BCUT2D eigenvalue weighted by atomic mass is 16.4. The Labute approximate surface area is 126 Å². The predicted molar refractivity (Wildman–Crippen MR) is 81.0 cm³/mol. The number of aryl methyl sites for hydroxylation is 1. The van der Waals surface area contributed by atoms with Gasteiger partial charge in [0, 0.05) is 12.5 Å². The first-order valence-corrected chi connectivity index (χ1v) is 7.95. The summed E-state index contributed by atoms with van der Waals surface area (Å²) in [6.07, 6.45) is 5.40. The van der Waals surface area contributed by atoms with Gasteiger partial charge in [0.15, 0.2) is 0 Å². The molecule has 0 radical (unpaired) electrons. The lowest BCUT2D eigenvalue weighted by Crippen LogP contribution is -2.35. The molecule has 0 amide bonds. The summed E-state index contributed by atoms with van der Waals surface area (Å²) in [5.74, 6) is -0.417. The molecule has 1 N–H and O–H groups in total. The molecule has 2 rings (SSSR count). The van der Waals surface area contributed by atoms with Crippen molar-refractivity contribution in [3.05, 3.63) is 11.9 Å². The number of nitrogens with zero attached hydrogens (tertiary/aromatic N) is 3. The van der Waals surface area contributed by atoms with Crippen LogP contribution >= 0.6 is 0 Å². The van der Waals surface area contributed by atoms with Crippen molar-refractivity contribution in [3.63, 3.8) is 0 Å². The molecule has 21 heavy (non-hydrogen) atoms. The van der Waals surface area contributed by atoms with Crippen molar-refractivity contribution in [1.29, 1.82) is 0 Å². The Morgan fingerprint density at radius 2 is 2.14 bits per heavy atom. The third kappa shape index (κ3) is 3.44. The molecule has 1 fully saturated rings. The van der Waals surface area contributed by atoms with Gasteiger partial charge in [0.05, 0.1) is 17.8 Å². The minimum atomic E-state index is -0.684. The monoisotopic (exact) mass is 293 g/mol. The number of aliphatic carboxylic acids is 1. The highest BCUT2D eigenvalue weighted by molar-refractivity contribution is 5.71. The molecule has 0 saturated heterocycles. The molecule has 0 bridgehead atoms. The van der Waals surface area contributed by atoms with Gasteiger partial charge in [0.1, 0.15) is 0 Å². The largest absolute Gasteiger partial charge is 0.481 e. The Bertz CT molecular complexity index is 490. The molecular formula is C16H27N3O2. The van der Waals surface area contributed by atoms with E-state index >= 15 is 0 Å². The third-order valence-electron chi connectivity index (χ3n) is 4.86. The maximum absolute atomic E-state index is 11.6. The quantitative estimate of drug-likeness (QED) is 0.924. The lowest BCUT2D eigenvalue weighted by molar-refractivity contribution is -0.144. The zero-order valence-electron chi connectivity index (χ0n) is 13.5. The smallest absolute Gasteiger partial charge is 0.307 e. The zero-order chi connectivity index (χ0) is 15.6. The average molecular weight is 293 g/mol. The average Bonchev–Trinajstić information content (AvgIpc) is 2.85. The van der Waals surface area contributed by atoms with Crippen LogP contribution in [0.15, 0.2) is 6.20 Å². The Morgan fingerprint density at radius 3 is 2.71 bits per heavy atom. The van der Waals surface area contributed by atoms with Gasteiger partial charge in [-0.3, -0.25) is 4.79 Å². The second-order valence-electron chi connectivity index (χ2n) is 7.31. The first-order valence-electron chi connectivity index (χ1n) is 7.95. The number of carboxylic acid groups (broad SMARTS) is 1. The fourth-order valence-electron chi connectivity index (χ4n) is 3.52. The van der Waals surface area contributed by atoms with Gasteiger partial charge in [-0.1, -0.05) is 32.9 Å². The van der Waals surface area contributed by atoms with Crippen molar-refractivity contribution in [2.75, 3.05) is 0 Å². The Balaban J connectivity index is 2.29. The second-order valence-corrected chi connectivity index (χ2v) is 7.31. The third-order valence-corrected chi connectivity index (χ3v) is 4.86. The number of rotatable bonds is 4. The van der Waals surface area contributed by atoms with Gasteiger partial charge in [-0.25, -0.2) is 4.68 Å². The number of hydrogen-bond acceptors (Lipinski definition) is 3. The lowest BCUT2D eigenvalue weighted by atomic mass is 9.65. The number of carbonyl (C=O) groups is 1. The molecule has 1 saturated carbocycles. The number of aromatic nitrogens is 3. The number of carboxylic acids is 1. The first-order chi connectivity index (χ1) is 9.84. The molecule has 5 nitrogen and oxygen atoms in total. The molecule has 1 heterocycles. The molecular weight excluding hydrogens is 266 g/mol. The predicted octanol–water partition coefficient (Wildman–Crippen LogP) is 3.32. The van der Waals surface area contributed by atoms with Crippen LogP contribution < -0.4 is 0 Å². The summed E-state index contributed by atoms with van der Waals surface area (Å²) in [6.45, 7) is 9.64. The first kappa shape index (κ1) is 16.0. The van der Waals surface area contributed by atoms with E-state index in [-0.39, 0.29) is 17.3 Å². The molecule has 1 aliphatic rings. The van der Waals surface area contributed by atoms with E-state index in [1.165, 1.54) is 0 Å². The second kappa shape index (κ2) is 6.16. The standard InChI is InChI=1S/C16H27N3O2/c1-5-8-19-14(10-17-18-19)13-9-11(16(2,3)4)6-7-12(13)15(20)21/h10-13H,5-9H2,1-4H3,(H,20,21). The van der Waals surface area contributed by atoms with Crippen LogP contribution in [0.4, 0.5) is 0 Å². The van der Waals surface area contributed by atoms with Gasteiger partial charge in [-0.05, 0) is 37.0 Å². The van der Waals surface area contributed by atoms with Gasteiger partial charge in [0.25, 0.3) is 0 Å². The summed E-state index contributed by atoms with van der Waals surface area (Å²) in [4.78, 5) is 11.6. The maximum Gasteiger partial charge on any atom is 0.307 e. The highest BCUT2D eigenvalue weighted by Gasteiger charge is 2.41. The van der Waals surface area contributed by atoms with Gasteiger partial charge in [0.2, 0.25) is 0 Å². The van der Waals surface area contributed by atoms with Crippen LogP contribution in [0.5, 0.6) is 0 Å². The van der Waals surface area contributed by atoms with Crippen LogP contribution in [0.3, 0.4) is 0 Å². The van der Waals surface area contributed by atoms with Crippen LogP contribution in [-0.2, 0) is 11.3 Å². The minimum Gasteiger partial charge on any atom is -0.481 e. The Kier molecular flexibility index (Phi) is 4.69. The topological polar surface area (TPSA) is 68.0 Å². The van der Waals surface area contributed by atoms with E-state index in [0.29, 0.717) is 5.92 Å². The van der Waals surface area contributed by atoms with E-state index in [1.54, 1.807) is 6.20 Å². The van der Waals surface area contributed by atoms with Crippen molar-refractivity contribution >= 4 is 5.97 Å². The van der Waals surface area contributed by atoms with Crippen LogP contribution in [-0.4, -0.2) is 26.1 Å². The fraction of sp³-hybridized carbons (Fsp3) is 0.812. The molecule has 1 aromatic rings. The van der Waals surface area contributed by atoms with Gasteiger partial charge >= 0.3 is 5.97 Å². The zero-order valence-corrected chi connectivity index (χ0v) is 13.5. The van der Waals surface area contributed by atoms with Crippen molar-refractivity contribution in [3.8, 4) is 0 Å². The molecule has 3 atom stereocenters. The fourth-order valence-corrected chi connectivity index (χ4v) is 3.52. The molecule has 0 aromatic carbocycles. The number of hydrogen-bond donors (Lipinski definition) is 1. The summed E-state index contributed by atoms with van der Waals surface area (Å²) in [7, 11) is 0. The van der Waals surface area contributed by atoms with Crippen LogP contribution in [0.25, 0.3) is 0 Å². The van der Waals surface area contributed by atoms with Gasteiger partial charge < -0.3 is 5.11 Å². The van der Waals surface area contributed by atoms with Crippen LogP contribution in [0.2, 0.25) is 0 Å².